The van der Waals surface area contributed by atoms with Crippen LogP contribution in [0.5, 0.6) is 0 Å². The fraction of sp³-hybridized carbons (Fsp3) is 1.00. The minimum absolute atomic E-state index is 0.0661. The van der Waals surface area contributed by atoms with Crippen LogP contribution in [-0.2, 0) is 14.8 Å². The van der Waals surface area contributed by atoms with Crippen molar-refractivity contribution in [1.82, 2.24) is 4.31 Å². The quantitative estimate of drug-likeness (QED) is 0.838. The number of ether oxygens (including phenoxy) is 1. The fourth-order valence-corrected chi connectivity index (χ4v) is 4.07. The molecule has 0 radical (unpaired) electrons. The van der Waals surface area contributed by atoms with Crippen molar-refractivity contribution in [2.75, 3.05) is 19.3 Å². The molecule has 4 atom stereocenters. The highest BCUT2D eigenvalue weighted by atomic mass is 32.2. The summed E-state index contributed by atoms with van der Waals surface area (Å²) in [6, 6.07) is 0. The van der Waals surface area contributed by atoms with Crippen LogP contribution in [0.2, 0.25) is 0 Å². The summed E-state index contributed by atoms with van der Waals surface area (Å²) < 4.78 is 30.3. The molecule has 2 heterocycles. The average molecular weight is 291 g/mol. The van der Waals surface area contributed by atoms with E-state index in [-0.39, 0.29) is 18.1 Å². The predicted molar refractivity (Wildman–Crippen MR) is 73.3 cm³/mol. The Balaban J connectivity index is 1.85. The summed E-state index contributed by atoms with van der Waals surface area (Å²) in [4.78, 5) is 0. The van der Waals surface area contributed by atoms with Gasteiger partial charge in [-0.1, -0.05) is 0 Å². The number of aliphatic hydroxyl groups excluding tert-OH is 1. The third-order valence-electron chi connectivity index (χ3n) is 4.22. The minimum atomic E-state index is -3.10. The number of aliphatic hydroxyl groups is 1. The van der Waals surface area contributed by atoms with Gasteiger partial charge in [-0.25, -0.2) is 12.7 Å². The molecule has 2 aliphatic heterocycles. The molecule has 0 spiro atoms. The van der Waals surface area contributed by atoms with E-state index in [9.17, 15) is 13.5 Å². The van der Waals surface area contributed by atoms with E-state index in [1.807, 2.05) is 6.92 Å². The molecule has 5 nitrogen and oxygen atoms in total. The summed E-state index contributed by atoms with van der Waals surface area (Å²) in [5.74, 6) is 0.248. The zero-order valence-electron chi connectivity index (χ0n) is 11.8. The highest BCUT2D eigenvalue weighted by Crippen LogP contribution is 2.28. The van der Waals surface area contributed by atoms with E-state index in [0.29, 0.717) is 19.5 Å². The molecule has 0 aromatic rings. The Hall–Kier alpha value is -0.170. The van der Waals surface area contributed by atoms with Gasteiger partial charge in [0.05, 0.1) is 24.6 Å². The number of nitrogens with zero attached hydrogens (tertiary/aromatic N) is 1. The Kier molecular flexibility index (Phi) is 4.87. The van der Waals surface area contributed by atoms with E-state index in [0.717, 1.165) is 25.7 Å². The van der Waals surface area contributed by atoms with Crippen LogP contribution in [0.4, 0.5) is 0 Å². The van der Waals surface area contributed by atoms with Crippen LogP contribution in [-0.4, -0.2) is 55.5 Å². The average Bonchev–Trinajstić information content (AvgIpc) is 2.75. The smallest absolute Gasteiger partial charge is 0.211 e. The summed E-state index contributed by atoms with van der Waals surface area (Å²) in [5, 5.41) is 10.2. The van der Waals surface area contributed by atoms with E-state index < -0.39 is 16.1 Å². The lowest BCUT2D eigenvalue weighted by molar-refractivity contribution is -0.0398. The molecule has 0 aromatic carbocycles. The molecule has 0 bridgehead atoms. The lowest BCUT2D eigenvalue weighted by atomic mass is 9.91. The lowest BCUT2D eigenvalue weighted by Gasteiger charge is -2.32. The maximum Gasteiger partial charge on any atom is 0.211 e. The Morgan fingerprint density at radius 2 is 2.11 bits per heavy atom. The first-order valence-corrected chi connectivity index (χ1v) is 8.99. The summed E-state index contributed by atoms with van der Waals surface area (Å²) in [6.45, 7) is 3.18. The van der Waals surface area contributed by atoms with Gasteiger partial charge in [0, 0.05) is 13.1 Å². The van der Waals surface area contributed by atoms with Crippen LogP contribution in [0.25, 0.3) is 0 Å². The first-order valence-electron chi connectivity index (χ1n) is 7.15. The largest absolute Gasteiger partial charge is 0.390 e. The Labute approximate surface area is 116 Å². The normalized spacial score (nSPS) is 35.4. The summed E-state index contributed by atoms with van der Waals surface area (Å²) in [6.07, 6.45) is 5.39. The molecule has 0 aliphatic carbocycles. The van der Waals surface area contributed by atoms with Crippen molar-refractivity contribution in [3.05, 3.63) is 0 Å². The number of rotatable bonds is 4. The monoisotopic (exact) mass is 291 g/mol. The fourth-order valence-electron chi connectivity index (χ4n) is 3.13. The molecule has 2 fully saturated rings. The van der Waals surface area contributed by atoms with Gasteiger partial charge in [0.2, 0.25) is 10.0 Å². The van der Waals surface area contributed by atoms with Crippen LogP contribution in [0.3, 0.4) is 0 Å². The second kappa shape index (κ2) is 6.08. The van der Waals surface area contributed by atoms with Gasteiger partial charge in [0.15, 0.2) is 0 Å². The highest BCUT2D eigenvalue weighted by molar-refractivity contribution is 7.88. The summed E-state index contributed by atoms with van der Waals surface area (Å²) >= 11 is 0. The zero-order chi connectivity index (χ0) is 14.0. The van der Waals surface area contributed by atoms with Crippen molar-refractivity contribution in [1.29, 1.82) is 0 Å². The van der Waals surface area contributed by atoms with Crippen LogP contribution in [0.15, 0.2) is 0 Å². The van der Waals surface area contributed by atoms with E-state index in [1.165, 1.54) is 10.6 Å². The van der Waals surface area contributed by atoms with Gasteiger partial charge in [-0.3, -0.25) is 0 Å². The van der Waals surface area contributed by atoms with Gasteiger partial charge >= 0.3 is 0 Å². The van der Waals surface area contributed by atoms with Gasteiger partial charge in [-0.05, 0) is 44.9 Å². The van der Waals surface area contributed by atoms with Crippen molar-refractivity contribution < 1.29 is 18.3 Å². The third-order valence-corrected chi connectivity index (χ3v) is 5.49. The Morgan fingerprint density at radius 3 is 2.68 bits per heavy atom. The standard InChI is InChI=1S/C13H25NO4S/c1-10-5-6-13(18-10)12(15)8-11-4-3-7-14(9-11)19(2,16)17/h10-13,15H,3-9H2,1-2H3. The molecule has 0 saturated carbocycles. The van der Waals surface area contributed by atoms with Crippen molar-refractivity contribution in [3.63, 3.8) is 0 Å². The van der Waals surface area contributed by atoms with Crippen molar-refractivity contribution >= 4 is 10.0 Å². The molecule has 0 amide bonds. The SMILES string of the molecule is CC1CCC(C(O)CC2CCCN(S(C)(=O)=O)C2)O1. The second-order valence-corrected chi connectivity index (χ2v) is 7.98. The number of sulfonamides is 1. The van der Waals surface area contributed by atoms with Crippen molar-refractivity contribution in [2.45, 2.75) is 57.3 Å². The van der Waals surface area contributed by atoms with Gasteiger partial charge in [-0.15, -0.1) is 0 Å². The molecule has 2 saturated heterocycles. The maximum atomic E-state index is 11.6. The van der Waals surface area contributed by atoms with E-state index in [4.69, 9.17) is 4.74 Å². The highest BCUT2D eigenvalue weighted by Gasteiger charge is 2.32. The Morgan fingerprint density at radius 1 is 1.37 bits per heavy atom. The molecule has 19 heavy (non-hydrogen) atoms. The minimum Gasteiger partial charge on any atom is -0.390 e. The predicted octanol–water partition coefficient (Wildman–Crippen LogP) is 0.977. The molecular weight excluding hydrogens is 266 g/mol. The number of piperidine rings is 1. The maximum absolute atomic E-state index is 11.6. The van der Waals surface area contributed by atoms with E-state index in [1.54, 1.807) is 0 Å². The van der Waals surface area contributed by atoms with E-state index in [2.05, 4.69) is 0 Å². The number of hydrogen-bond donors (Lipinski definition) is 1. The first kappa shape index (κ1) is 15.2. The molecule has 0 aromatic heterocycles. The molecule has 6 heteroatoms. The van der Waals surface area contributed by atoms with Crippen LogP contribution >= 0.6 is 0 Å². The molecule has 2 aliphatic rings. The van der Waals surface area contributed by atoms with E-state index >= 15 is 0 Å². The molecule has 112 valence electrons. The summed E-state index contributed by atoms with van der Waals surface area (Å²) in [5.41, 5.74) is 0. The zero-order valence-corrected chi connectivity index (χ0v) is 12.6. The first-order chi connectivity index (χ1) is 8.86. The topological polar surface area (TPSA) is 66.8 Å². The van der Waals surface area contributed by atoms with Crippen molar-refractivity contribution in [3.8, 4) is 0 Å². The molecule has 1 N–H and O–H groups in total. The van der Waals surface area contributed by atoms with Crippen LogP contribution < -0.4 is 0 Å². The molecule has 4 unspecified atom stereocenters. The summed E-state index contributed by atoms with van der Waals surface area (Å²) in [7, 11) is -3.10. The Bertz CT molecular complexity index is 397. The third kappa shape index (κ3) is 4.15. The van der Waals surface area contributed by atoms with Crippen LogP contribution in [0.1, 0.15) is 39.0 Å². The van der Waals surface area contributed by atoms with Gasteiger partial charge in [0.25, 0.3) is 0 Å². The second-order valence-electron chi connectivity index (χ2n) is 5.99. The van der Waals surface area contributed by atoms with Crippen molar-refractivity contribution in [2.24, 2.45) is 5.92 Å². The van der Waals surface area contributed by atoms with Gasteiger partial charge in [0.1, 0.15) is 0 Å². The van der Waals surface area contributed by atoms with Gasteiger partial charge < -0.3 is 9.84 Å². The lowest BCUT2D eigenvalue weighted by Crippen LogP contribution is -2.41. The number of hydrogen-bond acceptors (Lipinski definition) is 4. The molecule has 2 rings (SSSR count). The van der Waals surface area contributed by atoms with Gasteiger partial charge in [-0.2, -0.15) is 0 Å². The molecular formula is C13H25NO4S. The van der Waals surface area contributed by atoms with Crippen LogP contribution in [0, 0.1) is 5.92 Å².